The van der Waals surface area contributed by atoms with Gasteiger partial charge in [0.1, 0.15) is 5.60 Å². The number of terminal acetylenes is 1. The van der Waals surface area contributed by atoms with Crippen LogP contribution in [0.1, 0.15) is 45.2 Å². The Morgan fingerprint density at radius 3 is 2.37 bits per heavy atom. The van der Waals surface area contributed by atoms with Crippen molar-refractivity contribution in [2.45, 2.75) is 46.1 Å². The van der Waals surface area contributed by atoms with Crippen LogP contribution in [0.3, 0.4) is 0 Å². The van der Waals surface area contributed by atoms with Crippen LogP contribution < -0.4 is 0 Å². The van der Waals surface area contributed by atoms with Crippen LogP contribution in [0.5, 0.6) is 0 Å². The Balaban J connectivity index is 2.48. The maximum atomic E-state index is 11.7. The second-order valence-corrected chi connectivity index (χ2v) is 5.94. The number of benzene rings is 1. The molecule has 1 rings (SSSR count). The number of esters is 1. The van der Waals surface area contributed by atoms with E-state index in [4.69, 9.17) is 11.2 Å². The summed E-state index contributed by atoms with van der Waals surface area (Å²) in [6.45, 7) is 7.70. The summed E-state index contributed by atoms with van der Waals surface area (Å²) >= 11 is 0. The highest BCUT2D eigenvalue weighted by molar-refractivity contribution is 5.70. The molecule has 1 aromatic carbocycles. The van der Waals surface area contributed by atoms with Gasteiger partial charge in [0.05, 0.1) is 0 Å². The van der Waals surface area contributed by atoms with Gasteiger partial charge in [0.25, 0.3) is 0 Å². The molecule has 0 amide bonds. The summed E-state index contributed by atoms with van der Waals surface area (Å²) in [5.41, 5.74) is 1.66. The van der Waals surface area contributed by atoms with Crippen molar-refractivity contribution in [3.05, 3.63) is 35.4 Å². The van der Waals surface area contributed by atoms with Crippen LogP contribution in [-0.2, 0) is 16.0 Å². The lowest BCUT2D eigenvalue weighted by atomic mass is 9.97. The molecule has 1 aromatic rings. The summed E-state index contributed by atoms with van der Waals surface area (Å²) < 4.78 is 5.32. The number of hydrogen-bond acceptors (Lipinski definition) is 2. The van der Waals surface area contributed by atoms with Crippen LogP contribution in [0, 0.1) is 18.3 Å². The van der Waals surface area contributed by atoms with Crippen LogP contribution >= 0.6 is 0 Å². The Bertz CT molecular complexity index is 458. The fraction of sp³-hybridized carbons (Fsp3) is 0.471. The van der Waals surface area contributed by atoms with E-state index in [1.165, 1.54) is 5.56 Å². The van der Waals surface area contributed by atoms with Gasteiger partial charge >= 0.3 is 5.97 Å². The van der Waals surface area contributed by atoms with E-state index in [0.29, 0.717) is 6.42 Å². The highest BCUT2D eigenvalue weighted by atomic mass is 16.6. The predicted octanol–water partition coefficient (Wildman–Crippen LogP) is 3.58. The van der Waals surface area contributed by atoms with Gasteiger partial charge in [-0.15, -0.1) is 6.42 Å². The summed E-state index contributed by atoms with van der Waals surface area (Å²) in [7, 11) is 0. The van der Waals surface area contributed by atoms with E-state index in [9.17, 15) is 4.79 Å². The van der Waals surface area contributed by atoms with E-state index in [-0.39, 0.29) is 11.9 Å². The molecular weight excluding hydrogens is 236 g/mol. The Morgan fingerprint density at radius 2 is 1.89 bits per heavy atom. The average Bonchev–Trinajstić information content (AvgIpc) is 2.27. The van der Waals surface area contributed by atoms with Crippen molar-refractivity contribution < 1.29 is 9.53 Å². The molecule has 102 valence electrons. The van der Waals surface area contributed by atoms with E-state index in [1.54, 1.807) is 0 Å². The van der Waals surface area contributed by atoms with Gasteiger partial charge in [-0.25, -0.2) is 0 Å². The first-order valence-corrected chi connectivity index (χ1v) is 6.57. The number of hydrogen-bond donors (Lipinski definition) is 0. The van der Waals surface area contributed by atoms with Crippen molar-refractivity contribution >= 4 is 5.97 Å². The quantitative estimate of drug-likeness (QED) is 0.609. The summed E-state index contributed by atoms with van der Waals surface area (Å²) in [5.74, 6) is 2.71. The maximum absolute atomic E-state index is 11.7. The summed E-state index contributed by atoms with van der Waals surface area (Å²) in [6.07, 6.45) is 6.60. The molecule has 19 heavy (non-hydrogen) atoms. The molecule has 2 nitrogen and oxygen atoms in total. The first-order chi connectivity index (χ1) is 8.80. The summed E-state index contributed by atoms with van der Waals surface area (Å²) in [4.78, 5) is 11.7. The van der Waals surface area contributed by atoms with E-state index in [2.05, 4.69) is 12.8 Å². The summed E-state index contributed by atoms with van der Waals surface area (Å²) in [6, 6.07) is 7.88. The van der Waals surface area contributed by atoms with Gasteiger partial charge in [0, 0.05) is 12.0 Å². The zero-order chi connectivity index (χ0) is 14.5. The number of rotatable bonds is 4. The van der Waals surface area contributed by atoms with E-state index in [0.717, 1.165) is 12.0 Å². The second-order valence-electron chi connectivity index (χ2n) is 5.94. The molecule has 1 atom stereocenters. The molecule has 0 radical (unpaired) electrons. The molecule has 0 aliphatic rings. The lowest BCUT2D eigenvalue weighted by molar-refractivity contribution is -0.155. The minimum absolute atomic E-state index is 0.139. The Hall–Kier alpha value is -1.75. The molecule has 0 spiro atoms. The van der Waals surface area contributed by atoms with Gasteiger partial charge in [-0.05, 0) is 50.8 Å². The molecule has 0 aliphatic heterocycles. The van der Waals surface area contributed by atoms with Crippen molar-refractivity contribution in [2.75, 3.05) is 0 Å². The fourth-order valence-corrected chi connectivity index (χ4v) is 1.88. The maximum Gasteiger partial charge on any atom is 0.306 e. The number of ether oxygens (including phenoxy) is 1. The van der Waals surface area contributed by atoms with Crippen LogP contribution in [0.15, 0.2) is 24.3 Å². The minimum atomic E-state index is -0.411. The first kappa shape index (κ1) is 15.3. The molecule has 0 aromatic heterocycles. The van der Waals surface area contributed by atoms with Crippen molar-refractivity contribution in [3.63, 3.8) is 0 Å². The number of carbonyl (C=O) groups is 1. The highest BCUT2D eigenvalue weighted by Gasteiger charge is 2.18. The molecule has 0 N–H and O–H groups in total. The highest BCUT2D eigenvalue weighted by Crippen LogP contribution is 2.16. The lowest BCUT2D eigenvalue weighted by Crippen LogP contribution is -2.25. The molecule has 0 heterocycles. The third-order valence-electron chi connectivity index (χ3n) is 2.64. The molecule has 0 fully saturated rings. The van der Waals surface area contributed by atoms with Gasteiger partial charge in [-0.3, -0.25) is 4.79 Å². The van der Waals surface area contributed by atoms with Crippen LogP contribution in [0.25, 0.3) is 0 Å². The molecule has 0 saturated heterocycles. The minimum Gasteiger partial charge on any atom is -0.460 e. The van der Waals surface area contributed by atoms with Gasteiger partial charge < -0.3 is 4.74 Å². The van der Waals surface area contributed by atoms with Gasteiger partial charge in [0.15, 0.2) is 0 Å². The SMILES string of the molecule is C#Cc1ccc(CC(C)CC(=O)OC(C)(C)C)cc1. The average molecular weight is 258 g/mol. The smallest absolute Gasteiger partial charge is 0.306 e. The zero-order valence-corrected chi connectivity index (χ0v) is 12.2. The molecular formula is C17H22O2. The normalized spacial score (nSPS) is 12.6. The Morgan fingerprint density at radius 1 is 1.32 bits per heavy atom. The summed E-state index contributed by atoms with van der Waals surface area (Å²) in [5, 5.41) is 0. The lowest BCUT2D eigenvalue weighted by Gasteiger charge is -2.21. The predicted molar refractivity (Wildman–Crippen MR) is 77.7 cm³/mol. The second kappa shape index (κ2) is 6.43. The van der Waals surface area contributed by atoms with Crippen molar-refractivity contribution in [2.24, 2.45) is 5.92 Å². The molecule has 0 saturated carbocycles. The topological polar surface area (TPSA) is 26.3 Å². The van der Waals surface area contributed by atoms with Crippen LogP contribution in [0.2, 0.25) is 0 Å². The van der Waals surface area contributed by atoms with Crippen LogP contribution in [0.4, 0.5) is 0 Å². The fourth-order valence-electron chi connectivity index (χ4n) is 1.88. The monoisotopic (exact) mass is 258 g/mol. The first-order valence-electron chi connectivity index (χ1n) is 6.57. The van der Waals surface area contributed by atoms with Crippen molar-refractivity contribution in [1.82, 2.24) is 0 Å². The molecule has 0 bridgehead atoms. The number of carbonyl (C=O) groups excluding carboxylic acids is 1. The van der Waals surface area contributed by atoms with E-state index < -0.39 is 5.60 Å². The van der Waals surface area contributed by atoms with Gasteiger partial charge in [0.2, 0.25) is 0 Å². The van der Waals surface area contributed by atoms with Gasteiger partial charge in [-0.1, -0.05) is 25.0 Å². The van der Waals surface area contributed by atoms with E-state index in [1.807, 2.05) is 45.0 Å². The largest absolute Gasteiger partial charge is 0.460 e. The Labute approximate surface area is 116 Å². The molecule has 0 aliphatic carbocycles. The standard InChI is InChI=1S/C17H22O2/c1-6-14-7-9-15(10-8-14)11-13(2)12-16(18)19-17(3,4)5/h1,7-10,13H,11-12H2,2-5H3. The third-order valence-corrected chi connectivity index (χ3v) is 2.64. The van der Waals surface area contributed by atoms with Crippen molar-refractivity contribution in [3.8, 4) is 12.3 Å². The molecule has 2 heteroatoms. The molecule has 1 unspecified atom stereocenters. The van der Waals surface area contributed by atoms with Crippen molar-refractivity contribution in [1.29, 1.82) is 0 Å². The van der Waals surface area contributed by atoms with E-state index >= 15 is 0 Å². The van der Waals surface area contributed by atoms with Crippen LogP contribution in [-0.4, -0.2) is 11.6 Å². The third kappa shape index (κ3) is 6.10. The zero-order valence-electron chi connectivity index (χ0n) is 12.2. The Kier molecular flexibility index (Phi) is 5.18. The van der Waals surface area contributed by atoms with Gasteiger partial charge in [-0.2, -0.15) is 0 Å².